The number of rotatable bonds is 21. The third-order valence-electron chi connectivity index (χ3n) is 8.37. The molecule has 4 unspecified atom stereocenters. The van der Waals surface area contributed by atoms with Crippen LogP contribution in [-0.4, -0.2) is 107 Å². The molecular formula is C28H54O10S2Si2. The molecule has 0 aromatic rings. The van der Waals surface area contributed by atoms with Crippen molar-refractivity contribution in [1.29, 1.82) is 0 Å². The zero-order valence-electron chi connectivity index (χ0n) is 26.5. The summed E-state index contributed by atoms with van der Waals surface area (Å²) >= 11 is 3.66. The van der Waals surface area contributed by atoms with Gasteiger partial charge < -0.3 is 36.0 Å². The number of hydrogen-bond donors (Lipinski definition) is 0. The zero-order chi connectivity index (χ0) is 30.8. The molecule has 0 spiro atoms. The van der Waals surface area contributed by atoms with Gasteiger partial charge in [0, 0.05) is 65.2 Å². The molecule has 42 heavy (non-hydrogen) atoms. The van der Waals surface area contributed by atoms with Gasteiger partial charge in [-0.05, 0) is 50.0 Å². The Labute approximate surface area is 264 Å². The number of carbonyl (C=O) groups excluding carboxylic acids is 2. The average molecular weight is 671 g/mol. The van der Waals surface area contributed by atoms with E-state index in [0.29, 0.717) is 0 Å². The van der Waals surface area contributed by atoms with Crippen LogP contribution in [0, 0.1) is 11.8 Å². The summed E-state index contributed by atoms with van der Waals surface area (Å²) in [5.74, 6) is 1.22. The summed E-state index contributed by atoms with van der Waals surface area (Å²) in [6, 6.07) is 1.49. The van der Waals surface area contributed by atoms with Crippen molar-refractivity contribution in [3.8, 4) is 0 Å². The number of esters is 2. The van der Waals surface area contributed by atoms with Crippen LogP contribution < -0.4 is 0 Å². The maximum Gasteiger partial charge on any atom is 0.500 e. The highest BCUT2D eigenvalue weighted by atomic mass is 32.2. The second kappa shape index (κ2) is 20.8. The molecular weight excluding hydrogens is 617 g/mol. The van der Waals surface area contributed by atoms with E-state index in [1.807, 2.05) is 23.5 Å². The molecule has 0 bridgehead atoms. The van der Waals surface area contributed by atoms with Gasteiger partial charge in [-0.15, -0.1) is 0 Å². The monoisotopic (exact) mass is 670 g/mol. The van der Waals surface area contributed by atoms with Crippen LogP contribution in [0.1, 0.15) is 64.2 Å². The summed E-state index contributed by atoms with van der Waals surface area (Å²) in [5, 5.41) is 0.476. The van der Waals surface area contributed by atoms with E-state index >= 15 is 0 Å². The fraction of sp³-hybridized carbons (Fsp3) is 0.929. The predicted molar refractivity (Wildman–Crippen MR) is 171 cm³/mol. The molecule has 10 nitrogen and oxygen atoms in total. The maximum absolute atomic E-state index is 13.0. The van der Waals surface area contributed by atoms with Crippen molar-refractivity contribution < 1.29 is 45.6 Å². The predicted octanol–water partition coefficient (Wildman–Crippen LogP) is 5.19. The highest BCUT2D eigenvalue weighted by Gasteiger charge is 2.39. The van der Waals surface area contributed by atoms with Crippen LogP contribution in [0.3, 0.4) is 0 Å². The van der Waals surface area contributed by atoms with Crippen LogP contribution in [0.5, 0.6) is 0 Å². The Hall–Kier alpha value is -0.166. The Morgan fingerprint density at radius 1 is 0.571 bits per heavy atom. The first kappa shape index (κ1) is 38.0. The fourth-order valence-electron chi connectivity index (χ4n) is 5.79. The summed E-state index contributed by atoms with van der Waals surface area (Å²) in [5.41, 5.74) is 0. The standard InChI is InChI=1S/C28H54O10S2Si2/c1-31-41(32-2,33-3)21-11-19-39-25-15-9-7-13-23(25)27(29)37-17-18-38-28(30)24-14-8-10-16-26(24)40-20-12-22-42(34-4,35-5)36-6/h23-26H,7-22H2,1-6H3. The van der Waals surface area contributed by atoms with E-state index < -0.39 is 17.6 Å². The second-order valence-electron chi connectivity index (χ2n) is 10.7. The molecule has 0 N–H and O–H groups in total. The molecule has 14 heteroatoms. The molecule has 0 amide bonds. The largest absolute Gasteiger partial charge is 0.500 e. The van der Waals surface area contributed by atoms with Gasteiger partial charge in [0.1, 0.15) is 13.2 Å². The molecule has 0 aliphatic heterocycles. The molecule has 246 valence electrons. The van der Waals surface area contributed by atoms with Gasteiger partial charge >= 0.3 is 29.5 Å². The second-order valence-corrected chi connectivity index (χ2v) is 19.6. The molecule has 0 aromatic heterocycles. The molecule has 2 rings (SSSR count). The highest BCUT2D eigenvalue weighted by Crippen LogP contribution is 2.36. The summed E-state index contributed by atoms with van der Waals surface area (Å²) < 4.78 is 44.3. The van der Waals surface area contributed by atoms with E-state index in [-0.39, 0.29) is 47.5 Å². The summed E-state index contributed by atoms with van der Waals surface area (Å²) in [7, 11) is 4.64. The van der Waals surface area contributed by atoms with Crippen LogP contribution >= 0.6 is 23.5 Å². The van der Waals surface area contributed by atoms with Crippen LogP contribution in [0.15, 0.2) is 0 Å². The minimum Gasteiger partial charge on any atom is -0.462 e. The van der Waals surface area contributed by atoms with Crippen molar-refractivity contribution in [2.75, 3.05) is 67.4 Å². The Bertz CT molecular complexity index is 694. The van der Waals surface area contributed by atoms with E-state index in [4.69, 9.17) is 36.0 Å². The lowest BCUT2D eigenvalue weighted by Crippen LogP contribution is -2.42. The van der Waals surface area contributed by atoms with Gasteiger partial charge in [0.05, 0.1) is 11.8 Å². The normalized spacial score (nSPS) is 23.5. The van der Waals surface area contributed by atoms with Crippen molar-refractivity contribution in [2.24, 2.45) is 11.8 Å². The fourth-order valence-corrected chi connectivity index (χ4v) is 12.6. The van der Waals surface area contributed by atoms with E-state index in [1.165, 1.54) is 0 Å². The quantitative estimate of drug-likeness (QED) is 0.0911. The smallest absolute Gasteiger partial charge is 0.462 e. The minimum absolute atomic E-state index is 0.102. The number of ether oxygens (including phenoxy) is 2. The van der Waals surface area contributed by atoms with Crippen LogP contribution in [0.2, 0.25) is 12.1 Å². The summed E-state index contributed by atoms with van der Waals surface area (Å²) in [6.07, 6.45) is 9.81. The van der Waals surface area contributed by atoms with Crippen molar-refractivity contribution in [3.63, 3.8) is 0 Å². The third kappa shape index (κ3) is 12.0. The van der Waals surface area contributed by atoms with Crippen molar-refractivity contribution >= 4 is 53.1 Å². The van der Waals surface area contributed by atoms with Gasteiger partial charge in [0.25, 0.3) is 0 Å². The van der Waals surface area contributed by atoms with Crippen LogP contribution in [-0.2, 0) is 45.6 Å². The molecule has 2 saturated carbocycles. The number of hydrogen-bond acceptors (Lipinski definition) is 12. The van der Waals surface area contributed by atoms with Gasteiger partial charge in [-0.25, -0.2) is 0 Å². The first-order valence-electron chi connectivity index (χ1n) is 15.2. The lowest BCUT2D eigenvalue weighted by Gasteiger charge is -2.30. The number of carbonyl (C=O) groups is 2. The molecule has 2 fully saturated rings. The van der Waals surface area contributed by atoms with Gasteiger partial charge in [-0.3, -0.25) is 9.59 Å². The molecule has 4 atom stereocenters. The Balaban J connectivity index is 1.72. The molecule has 0 radical (unpaired) electrons. The van der Waals surface area contributed by atoms with Crippen LogP contribution in [0.4, 0.5) is 0 Å². The van der Waals surface area contributed by atoms with Gasteiger partial charge in [0.15, 0.2) is 0 Å². The topological polar surface area (TPSA) is 108 Å². The van der Waals surface area contributed by atoms with Crippen LogP contribution in [0.25, 0.3) is 0 Å². The zero-order valence-corrected chi connectivity index (χ0v) is 30.2. The third-order valence-corrected chi connectivity index (χ3v) is 17.1. The Kier molecular flexibility index (Phi) is 18.8. The average Bonchev–Trinajstić information content (AvgIpc) is 3.04. The first-order chi connectivity index (χ1) is 20.3. The molecule has 0 heterocycles. The lowest BCUT2D eigenvalue weighted by molar-refractivity contribution is -0.158. The van der Waals surface area contributed by atoms with E-state index in [9.17, 15) is 9.59 Å². The SMILES string of the molecule is CO[Si](CCCSC1CCCCC1C(=O)OCCOC(=O)C1CCCCC1SCCC[Si](OC)(OC)OC)(OC)OC. The van der Waals surface area contributed by atoms with E-state index in [1.54, 1.807) is 42.7 Å². The summed E-state index contributed by atoms with van der Waals surface area (Å²) in [6.45, 7) is 0.203. The van der Waals surface area contributed by atoms with E-state index in [0.717, 1.165) is 87.8 Å². The van der Waals surface area contributed by atoms with Crippen molar-refractivity contribution in [3.05, 3.63) is 0 Å². The highest BCUT2D eigenvalue weighted by molar-refractivity contribution is 8.00. The lowest BCUT2D eigenvalue weighted by atomic mass is 9.89. The van der Waals surface area contributed by atoms with Crippen molar-refractivity contribution in [2.45, 2.75) is 86.8 Å². The number of thioether (sulfide) groups is 2. The Morgan fingerprint density at radius 2 is 0.905 bits per heavy atom. The van der Waals surface area contributed by atoms with E-state index in [2.05, 4.69) is 0 Å². The summed E-state index contributed by atoms with van der Waals surface area (Å²) in [4.78, 5) is 25.9. The molecule has 0 aromatic carbocycles. The molecule has 2 aliphatic carbocycles. The first-order valence-corrected chi connectivity index (χ1v) is 21.2. The van der Waals surface area contributed by atoms with Gasteiger partial charge in [0.2, 0.25) is 0 Å². The van der Waals surface area contributed by atoms with Gasteiger partial charge in [-0.1, -0.05) is 25.7 Å². The molecule has 2 aliphatic rings. The van der Waals surface area contributed by atoms with Crippen molar-refractivity contribution in [1.82, 2.24) is 0 Å². The maximum atomic E-state index is 13.0. The Morgan fingerprint density at radius 3 is 1.24 bits per heavy atom. The molecule has 0 saturated heterocycles. The van der Waals surface area contributed by atoms with Gasteiger partial charge in [-0.2, -0.15) is 23.5 Å². The minimum atomic E-state index is -2.57.